The predicted octanol–water partition coefficient (Wildman–Crippen LogP) is 5.00. The molecule has 0 aromatic carbocycles. The third-order valence-corrected chi connectivity index (χ3v) is 6.51. The van der Waals surface area contributed by atoms with Gasteiger partial charge >= 0.3 is 0 Å². The van der Waals surface area contributed by atoms with Crippen LogP contribution in [0.1, 0.15) is 56.4 Å². The molecule has 3 heteroatoms. The molecule has 0 amide bonds. The highest BCUT2D eigenvalue weighted by molar-refractivity contribution is 7.13. The Kier molecular flexibility index (Phi) is 4.29. The van der Waals surface area contributed by atoms with E-state index in [2.05, 4.69) is 38.2 Å². The summed E-state index contributed by atoms with van der Waals surface area (Å²) in [6.45, 7) is 7.79. The second-order valence-electron chi connectivity index (χ2n) is 5.74. The van der Waals surface area contributed by atoms with Gasteiger partial charge in [-0.25, -0.2) is 0 Å². The zero-order valence-corrected chi connectivity index (χ0v) is 14.2. The summed E-state index contributed by atoms with van der Waals surface area (Å²) in [5, 5.41) is 3.77. The van der Waals surface area contributed by atoms with E-state index in [-0.39, 0.29) is 0 Å². The van der Waals surface area contributed by atoms with E-state index >= 15 is 0 Å². The number of fused-ring (bicyclic) bond motifs is 1. The van der Waals surface area contributed by atoms with E-state index in [4.69, 9.17) is 0 Å². The first-order chi connectivity index (χ1) is 9.69. The van der Waals surface area contributed by atoms with E-state index in [0.717, 1.165) is 6.54 Å². The number of hydrogen-bond donors (Lipinski definition) is 1. The minimum atomic E-state index is 0.407. The zero-order chi connectivity index (χ0) is 14.1. The lowest BCUT2D eigenvalue weighted by Crippen LogP contribution is -2.22. The van der Waals surface area contributed by atoms with Crippen LogP contribution in [0.4, 0.5) is 0 Å². The highest BCUT2D eigenvalue weighted by Gasteiger charge is 2.23. The van der Waals surface area contributed by atoms with Gasteiger partial charge in [-0.3, -0.25) is 0 Å². The van der Waals surface area contributed by atoms with Crippen LogP contribution in [0.2, 0.25) is 0 Å². The number of nitrogens with one attached hydrogen (secondary N) is 1. The van der Waals surface area contributed by atoms with Crippen molar-refractivity contribution in [2.24, 2.45) is 0 Å². The van der Waals surface area contributed by atoms with E-state index in [9.17, 15) is 0 Å². The fourth-order valence-electron chi connectivity index (χ4n) is 3.05. The molecule has 1 nitrogen and oxygen atoms in total. The Bertz CT molecular complexity index is 573. The Morgan fingerprint density at radius 2 is 2.05 bits per heavy atom. The summed E-state index contributed by atoms with van der Waals surface area (Å²) in [5.74, 6) is 0. The smallest absolute Gasteiger partial charge is 0.0767 e. The largest absolute Gasteiger partial charge is 0.305 e. The fourth-order valence-corrected chi connectivity index (χ4v) is 5.60. The van der Waals surface area contributed by atoms with Gasteiger partial charge in [-0.1, -0.05) is 6.92 Å². The van der Waals surface area contributed by atoms with E-state index in [1.54, 1.807) is 10.4 Å². The lowest BCUT2D eigenvalue weighted by atomic mass is 10.1. The fraction of sp³-hybridized carbons (Fsp3) is 0.529. The Balaban J connectivity index is 1.94. The monoisotopic (exact) mass is 305 g/mol. The molecule has 108 valence electrons. The molecule has 0 bridgehead atoms. The molecule has 0 spiro atoms. The lowest BCUT2D eigenvalue weighted by Gasteiger charge is -2.17. The minimum Gasteiger partial charge on any atom is -0.305 e. The van der Waals surface area contributed by atoms with Crippen LogP contribution in [-0.2, 0) is 12.8 Å². The van der Waals surface area contributed by atoms with Crippen molar-refractivity contribution < 1.29 is 0 Å². The molecule has 0 saturated carbocycles. The van der Waals surface area contributed by atoms with Crippen LogP contribution >= 0.6 is 22.7 Å². The van der Waals surface area contributed by atoms with Gasteiger partial charge in [-0.05, 0) is 69.3 Å². The summed E-state index contributed by atoms with van der Waals surface area (Å²) in [7, 11) is 0. The van der Waals surface area contributed by atoms with Gasteiger partial charge in [0.05, 0.1) is 6.04 Å². The molecule has 0 aliphatic heterocycles. The molecule has 1 unspecified atom stereocenters. The zero-order valence-electron chi connectivity index (χ0n) is 12.6. The van der Waals surface area contributed by atoms with Gasteiger partial charge < -0.3 is 5.32 Å². The van der Waals surface area contributed by atoms with Crippen molar-refractivity contribution in [3.05, 3.63) is 42.8 Å². The van der Waals surface area contributed by atoms with Crippen molar-refractivity contribution >= 4 is 22.7 Å². The van der Waals surface area contributed by atoms with Gasteiger partial charge in [0.25, 0.3) is 0 Å². The van der Waals surface area contributed by atoms with Gasteiger partial charge in [0.2, 0.25) is 0 Å². The highest BCUT2D eigenvalue weighted by Crippen LogP contribution is 2.39. The molecule has 0 fully saturated rings. The van der Waals surface area contributed by atoms with Crippen LogP contribution in [-0.4, -0.2) is 6.54 Å². The number of hydrogen-bond acceptors (Lipinski definition) is 3. The molecular weight excluding hydrogens is 282 g/mol. The van der Waals surface area contributed by atoms with Crippen molar-refractivity contribution in [2.75, 3.05) is 6.54 Å². The SMILES string of the molecule is CCCNC(c1cc2c(s1)CCC2)c1sc(C)cc1C. The second kappa shape index (κ2) is 6.00. The molecule has 0 radical (unpaired) electrons. The van der Waals surface area contributed by atoms with E-state index in [1.165, 1.54) is 45.9 Å². The molecule has 1 aliphatic rings. The van der Waals surface area contributed by atoms with Crippen molar-refractivity contribution in [1.82, 2.24) is 5.32 Å². The summed E-state index contributed by atoms with van der Waals surface area (Å²) < 4.78 is 0. The first-order valence-corrected chi connectivity index (χ1v) is 9.24. The third kappa shape index (κ3) is 2.72. The van der Waals surface area contributed by atoms with E-state index < -0.39 is 0 Å². The maximum absolute atomic E-state index is 3.77. The summed E-state index contributed by atoms with van der Waals surface area (Å²) in [4.78, 5) is 6.09. The lowest BCUT2D eigenvalue weighted by molar-refractivity contribution is 0.611. The number of thiophene rings is 2. The first kappa shape index (κ1) is 14.3. The predicted molar refractivity (Wildman–Crippen MR) is 90.3 cm³/mol. The van der Waals surface area contributed by atoms with E-state index in [0.29, 0.717) is 6.04 Å². The van der Waals surface area contributed by atoms with Crippen LogP contribution < -0.4 is 5.32 Å². The molecule has 1 aliphatic carbocycles. The molecule has 1 atom stereocenters. The average Bonchev–Trinajstić information content (AvgIpc) is 3.05. The molecule has 1 N–H and O–H groups in total. The van der Waals surface area contributed by atoms with E-state index in [1.807, 2.05) is 22.7 Å². The van der Waals surface area contributed by atoms with Crippen LogP contribution in [0.3, 0.4) is 0 Å². The standard InChI is InChI=1S/C17H23NS2/c1-4-8-18-16(17-11(2)9-12(3)19-17)15-10-13-6-5-7-14(13)20-15/h9-10,16,18H,4-8H2,1-3H3. The summed E-state index contributed by atoms with van der Waals surface area (Å²) >= 11 is 3.99. The van der Waals surface area contributed by atoms with Crippen LogP contribution in [0.5, 0.6) is 0 Å². The molecule has 2 heterocycles. The normalized spacial score (nSPS) is 15.6. The molecule has 3 rings (SSSR count). The molecule has 2 aromatic rings. The highest BCUT2D eigenvalue weighted by atomic mass is 32.1. The van der Waals surface area contributed by atoms with Gasteiger partial charge in [-0.2, -0.15) is 0 Å². The Morgan fingerprint density at radius 1 is 1.20 bits per heavy atom. The summed E-state index contributed by atoms with van der Waals surface area (Å²) in [6, 6.07) is 5.20. The molecular formula is C17H23NS2. The average molecular weight is 306 g/mol. The Morgan fingerprint density at radius 3 is 2.70 bits per heavy atom. The van der Waals surface area contributed by atoms with Crippen molar-refractivity contribution in [3.63, 3.8) is 0 Å². The first-order valence-electron chi connectivity index (χ1n) is 7.60. The van der Waals surface area contributed by atoms with Crippen molar-refractivity contribution in [2.45, 2.75) is 52.5 Å². The molecule has 2 aromatic heterocycles. The maximum Gasteiger partial charge on any atom is 0.0767 e. The van der Waals surface area contributed by atoms with Gasteiger partial charge in [-0.15, -0.1) is 22.7 Å². The van der Waals surface area contributed by atoms with Gasteiger partial charge in [0, 0.05) is 19.5 Å². The van der Waals surface area contributed by atoms with Crippen LogP contribution in [0.25, 0.3) is 0 Å². The van der Waals surface area contributed by atoms with Crippen molar-refractivity contribution in [1.29, 1.82) is 0 Å². The van der Waals surface area contributed by atoms with Crippen LogP contribution in [0.15, 0.2) is 12.1 Å². The molecule has 0 saturated heterocycles. The van der Waals surface area contributed by atoms with Gasteiger partial charge in [0.1, 0.15) is 0 Å². The second-order valence-corrected chi connectivity index (χ2v) is 8.20. The third-order valence-electron chi connectivity index (χ3n) is 3.99. The topological polar surface area (TPSA) is 12.0 Å². The van der Waals surface area contributed by atoms with Crippen LogP contribution in [0, 0.1) is 13.8 Å². The Labute approximate surface area is 130 Å². The van der Waals surface area contributed by atoms with Gasteiger partial charge in [0.15, 0.2) is 0 Å². The maximum atomic E-state index is 3.77. The molecule has 20 heavy (non-hydrogen) atoms. The van der Waals surface area contributed by atoms with Crippen molar-refractivity contribution in [3.8, 4) is 0 Å². The summed E-state index contributed by atoms with van der Waals surface area (Å²) in [6.07, 6.45) is 5.12. The quantitative estimate of drug-likeness (QED) is 0.819. The minimum absolute atomic E-state index is 0.407. The summed E-state index contributed by atoms with van der Waals surface area (Å²) in [5.41, 5.74) is 3.05. The number of rotatable bonds is 5. The Hall–Kier alpha value is -0.640. The number of aryl methyl sites for hydroxylation is 4.